The van der Waals surface area contributed by atoms with Crippen LogP contribution in [0.2, 0.25) is 0 Å². The predicted molar refractivity (Wildman–Crippen MR) is 99.9 cm³/mol. The molecule has 1 aromatic carbocycles. The van der Waals surface area contributed by atoms with Gasteiger partial charge in [0.2, 0.25) is 0 Å². The Morgan fingerprint density at radius 3 is 2.38 bits per heavy atom. The van der Waals surface area contributed by atoms with Crippen LogP contribution < -0.4 is 9.47 Å². The molecule has 1 atom stereocenters. The highest BCUT2D eigenvalue weighted by molar-refractivity contribution is 7.12. The van der Waals surface area contributed by atoms with Crippen molar-refractivity contribution in [2.75, 3.05) is 33.9 Å². The first-order valence-corrected chi connectivity index (χ1v) is 9.10. The van der Waals surface area contributed by atoms with Crippen molar-refractivity contribution in [3.8, 4) is 11.5 Å². The van der Waals surface area contributed by atoms with Crippen LogP contribution in [0.1, 0.15) is 16.6 Å². The number of hydrogen-bond donors (Lipinski definition) is 0. The van der Waals surface area contributed by atoms with Gasteiger partial charge in [-0.2, -0.15) is 0 Å². The number of rotatable bonds is 9. The van der Waals surface area contributed by atoms with Gasteiger partial charge in [0.15, 0.2) is 0 Å². The molecule has 0 bridgehead atoms. The third kappa shape index (κ3) is 5.49. The third-order valence-electron chi connectivity index (χ3n) is 3.81. The van der Waals surface area contributed by atoms with Crippen LogP contribution in [-0.4, -0.2) is 50.7 Å². The molecule has 2 aromatic rings. The van der Waals surface area contributed by atoms with Crippen LogP contribution in [0.15, 0.2) is 41.8 Å². The van der Waals surface area contributed by atoms with Crippen molar-refractivity contribution in [2.24, 2.45) is 5.92 Å². The molecule has 0 fully saturated rings. The summed E-state index contributed by atoms with van der Waals surface area (Å²) in [7, 11) is 2.95. The fraction of sp³-hybridized carbons (Fsp3) is 0.368. The van der Waals surface area contributed by atoms with E-state index in [2.05, 4.69) is 0 Å². The molecule has 6 nitrogen and oxygen atoms in total. The quantitative estimate of drug-likeness (QED) is 0.629. The molecule has 1 aromatic heterocycles. The molecule has 0 aliphatic carbocycles. The molecule has 1 unspecified atom stereocenters. The lowest BCUT2D eigenvalue weighted by Gasteiger charge is -2.24. The van der Waals surface area contributed by atoms with Crippen LogP contribution in [0, 0.1) is 5.92 Å². The SMILES string of the molecule is COC(=O)C(C)CN(CCOc1ccc(OC)cc1)C(=O)c1cccs1. The lowest BCUT2D eigenvalue weighted by Crippen LogP contribution is -2.39. The van der Waals surface area contributed by atoms with Crippen molar-refractivity contribution in [3.05, 3.63) is 46.7 Å². The Kier molecular flexibility index (Phi) is 7.47. The zero-order chi connectivity index (χ0) is 18.9. The van der Waals surface area contributed by atoms with Gasteiger partial charge in [-0.15, -0.1) is 11.3 Å². The number of ether oxygens (including phenoxy) is 3. The molecule has 0 saturated carbocycles. The molecule has 26 heavy (non-hydrogen) atoms. The zero-order valence-corrected chi connectivity index (χ0v) is 16.0. The molecule has 0 aliphatic heterocycles. The largest absolute Gasteiger partial charge is 0.497 e. The van der Waals surface area contributed by atoms with E-state index >= 15 is 0 Å². The number of benzene rings is 1. The molecule has 1 amide bonds. The molecule has 0 N–H and O–H groups in total. The van der Waals surface area contributed by atoms with E-state index in [0.717, 1.165) is 5.75 Å². The Balaban J connectivity index is 1.98. The normalized spacial score (nSPS) is 11.5. The molecular formula is C19H23NO5S. The average molecular weight is 377 g/mol. The summed E-state index contributed by atoms with van der Waals surface area (Å²) in [6.07, 6.45) is 0. The van der Waals surface area contributed by atoms with Crippen molar-refractivity contribution in [2.45, 2.75) is 6.92 Å². The number of methoxy groups -OCH3 is 2. The second-order valence-corrected chi connectivity index (χ2v) is 6.62. The molecule has 1 heterocycles. The van der Waals surface area contributed by atoms with Crippen LogP contribution in [0.5, 0.6) is 11.5 Å². The van der Waals surface area contributed by atoms with E-state index in [4.69, 9.17) is 14.2 Å². The van der Waals surface area contributed by atoms with E-state index in [9.17, 15) is 9.59 Å². The van der Waals surface area contributed by atoms with E-state index in [-0.39, 0.29) is 18.4 Å². The standard InChI is InChI=1S/C19H23NO5S/c1-14(19(22)24-3)13-20(18(21)17-5-4-12-26-17)10-11-25-16-8-6-15(23-2)7-9-16/h4-9,12,14H,10-11,13H2,1-3H3. The molecule has 7 heteroatoms. The zero-order valence-electron chi connectivity index (χ0n) is 15.1. The van der Waals surface area contributed by atoms with Gasteiger partial charge in [-0.05, 0) is 35.7 Å². The van der Waals surface area contributed by atoms with Gasteiger partial charge < -0.3 is 19.1 Å². The second kappa shape index (κ2) is 9.82. The smallest absolute Gasteiger partial charge is 0.310 e. The van der Waals surface area contributed by atoms with E-state index < -0.39 is 5.92 Å². The van der Waals surface area contributed by atoms with Crippen molar-refractivity contribution < 1.29 is 23.8 Å². The van der Waals surface area contributed by atoms with E-state index in [1.54, 1.807) is 37.1 Å². The summed E-state index contributed by atoms with van der Waals surface area (Å²) in [5.74, 6) is 0.568. The van der Waals surface area contributed by atoms with Crippen LogP contribution in [0.25, 0.3) is 0 Å². The summed E-state index contributed by atoms with van der Waals surface area (Å²) in [4.78, 5) is 26.7. The molecular weight excluding hydrogens is 354 g/mol. The minimum atomic E-state index is -0.412. The number of esters is 1. The first kappa shape index (κ1) is 19.8. The van der Waals surface area contributed by atoms with Gasteiger partial charge in [0.25, 0.3) is 5.91 Å². The number of nitrogens with zero attached hydrogens (tertiary/aromatic N) is 1. The molecule has 0 saturated heterocycles. The number of carbonyl (C=O) groups is 2. The fourth-order valence-corrected chi connectivity index (χ4v) is 3.07. The maximum Gasteiger partial charge on any atom is 0.310 e. The monoisotopic (exact) mass is 377 g/mol. The summed E-state index contributed by atoms with van der Waals surface area (Å²) < 4.78 is 15.6. The first-order chi connectivity index (χ1) is 12.5. The Morgan fingerprint density at radius 1 is 1.12 bits per heavy atom. The van der Waals surface area contributed by atoms with Gasteiger partial charge in [-0.3, -0.25) is 9.59 Å². The number of thiophene rings is 1. The summed E-state index contributed by atoms with van der Waals surface area (Å²) in [5.41, 5.74) is 0. The molecule has 0 aliphatic rings. The van der Waals surface area contributed by atoms with Gasteiger partial charge >= 0.3 is 5.97 Å². The van der Waals surface area contributed by atoms with Gasteiger partial charge in [0.1, 0.15) is 18.1 Å². The number of hydrogen-bond acceptors (Lipinski definition) is 6. The highest BCUT2D eigenvalue weighted by Crippen LogP contribution is 2.18. The lowest BCUT2D eigenvalue weighted by atomic mass is 10.1. The van der Waals surface area contributed by atoms with Gasteiger partial charge in [0, 0.05) is 6.54 Å². The Morgan fingerprint density at radius 2 is 1.81 bits per heavy atom. The summed E-state index contributed by atoms with van der Waals surface area (Å²) in [6.45, 7) is 2.70. The van der Waals surface area contributed by atoms with Crippen LogP contribution in [0.4, 0.5) is 0 Å². The maximum absolute atomic E-state index is 12.7. The van der Waals surface area contributed by atoms with Gasteiger partial charge in [-0.25, -0.2) is 0 Å². The van der Waals surface area contributed by atoms with Gasteiger partial charge in [-0.1, -0.05) is 13.0 Å². The Hall–Kier alpha value is -2.54. The molecule has 2 rings (SSSR count). The van der Waals surface area contributed by atoms with Crippen molar-refractivity contribution in [1.82, 2.24) is 4.90 Å². The maximum atomic E-state index is 12.7. The fourth-order valence-electron chi connectivity index (χ4n) is 2.38. The topological polar surface area (TPSA) is 65.1 Å². The van der Waals surface area contributed by atoms with E-state index in [1.165, 1.54) is 18.4 Å². The Bertz CT molecular complexity index is 699. The predicted octanol–water partition coefficient (Wildman–Crippen LogP) is 3.09. The average Bonchev–Trinajstić information content (AvgIpc) is 3.21. The van der Waals surface area contributed by atoms with E-state index in [0.29, 0.717) is 23.8 Å². The van der Waals surface area contributed by atoms with Crippen molar-refractivity contribution >= 4 is 23.2 Å². The lowest BCUT2D eigenvalue weighted by molar-refractivity contribution is -0.145. The summed E-state index contributed by atoms with van der Waals surface area (Å²) in [6, 6.07) is 10.8. The first-order valence-electron chi connectivity index (χ1n) is 8.22. The van der Waals surface area contributed by atoms with Gasteiger partial charge in [0.05, 0.1) is 31.6 Å². The van der Waals surface area contributed by atoms with Crippen molar-refractivity contribution in [3.63, 3.8) is 0 Å². The third-order valence-corrected chi connectivity index (χ3v) is 4.66. The second-order valence-electron chi connectivity index (χ2n) is 5.68. The molecule has 140 valence electrons. The van der Waals surface area contributed by atoms with Crippen LogP contribution >= 0.6 is 11.3 Å². The molecule has 0 radical (unpaired) electrons. The number of amides is 1. The summed E-state index contributed by atoms with van der Waals surface area (Å²) >= 11 is 1.37. The molecule has 0 spiro atoms. The van der Waals surface area contributed by atoms with Crippen LogP contribution in [0.3, 0.4) is 0 Å². The van der Waals surface area contributed by atoms with Crippen molar-refractivity contribution in [1.29, 1.82) is 0 Å². The minimum Gasteiger partial charge on any atom is -0.497 e. The highest BCUT2D eigenvalue weighted by atomic mass is 32.1. The Labute approximate surface area is 157 Å². The number of carbonyl (C=O) groups excluding carboxylic acids is 2. The highest BCUT2D eigenvalue weighted by Gasteiger charge is 2.23. The minimum absolute atomic E-state index is 0.117. The van der Waals surface area contributed by atoms with Crippen LogP contribution in [-0.2, 0) is 9.53 Å². The summed E-state index contributed by atoms with van der Waals surface area (Å²) in [5, 5.41) is 1.85. The van der Waals surface area contributed by atoms with E-state index in [1.807, 2.05) is 23.6 Å².